The van der Waals surface area contributed by atoms with Gasteiger partial charge in [-0.05, 0) is 42.5 Å². The van der Waals surface area contributed by atoms with Gasteiger partial charge < -0.3 is 10.1 Å². The Balaban J connectivity index is 1.46. The number of ether oxygens (including phenoxy) is 1. The molecule has 3 amide bonds. The van der Waals surface area contributed by atoms with Crippen LogP contribution in [0, 0.1) is 0 Å². The zero-order chi connectivity index (χ0) is 21.4. The van der Waals surface area contributed by atoms with Gasteiger partial charge in [-0.15, -0.1) is 0 Å². The summed E-state index contributed by atoms with van der Waals surface area (Å²) in [6, 6.07) is 9.66. The predicted molar refractivity (Wildman–Crippen MR) is 112 cm³/mol. The van der Waals surface area contributed by atoms with Gasteiger partial charge in [0.05, 0.1) is 17.8 Å². The standard InChI is InChI=1S/C19H15BrClN5O4/c1-30-14-7-4-11(8-13(14)21)22-15(27)9-25-17-16(23-24-25)18(28)26(19(17)29)12-5-2-10(20)3-6-12/h2-8,16-17H,9H2,1H3,(H,22,27)/t16-,17+/m0/s1. The molecule has 0 radical (unpaired) electrons. The molecule has 154 valence electrons. The Morgan fingerprint density at radius 2 is 1.93 bits per heavy atom. The van der Waals surface area contributed by atoms with E-state index >= 15 is 0 Å². The van der Waals surface area contributed by atoms with Gasteiger partial charge in [-0.2, -0.15) is 5.11 Å². The van der Waals surface area contributed by atoms with Crippen molar-refractivity contribution in [3.63, 3.8) is 0 Å². The number of amides is 3. The van der Waals surface area contributed by atoms with Gasteiger partial charge >= 0.3 is 0 Å². The minimum Gasteiger partial charge on any atom is -0.495 e. The van der Waals surface area contributed by atoms with E-state index in [1.807, 2.05) is 0 Å². The highest BCUT2D eigenvalue weighted by Gasteiger charge is 2.55. The highest BCUT2D eigenvalue weighted by molar-refractivity contribution is 9.10. The highest BCUT2D eigenvalue weighted by Crippen LogP contribution is 2.32. The monoisotopic (exact) mass is 491 g/mol. The predicted octanol–water partition coefficient (Wildman–Crippen LogP) is 3.04. The molecule has 30 heavy (non-hydrogen) atoms. The maximum absolute atomic E-state index is 12.9. The van der Waals surface area contributed by atoms with Crippen LogP contribution in [0.4, 0.5) is 11.4 Å². The summed E-state index contributed by atoms with van der Waals surface area (Å²) in [5, 5.41) is 12.0. The summed E-state index contributed by atoms with van der Waals surface area (Å²) in [6.45, 7) is -0.248. The second kappa shape index (κ2) is 8.04. The Kier molecular flexibility index (Phi) is 5.44. The van der Waals surface area contributed by atoms with Crippen LogP contribution < -0.4 is 15.0 Å². The summed E-state index contributed by atoms with van der Waals surface area (Å²) >= 11 is 9.38. The molecule has 4 rings (SSSR count). The maximum Gasteiger partial charge on any atom is 0.263 e. The first-order valence-corrected chi connectivity index (χ1v) is 10.0. The maximum atomic E-state index is 12.9. The first-order valence-electron chi connectivity index (χ1n) is 8.83. The number of nitrogens with zero attached hydrogens (tertiary/aromatic N) is 4. The smallest absolute Gasteiger partial charge is 0.263 e. The van der Waals surface area contributed by atoms with Crippen LogP contribution in [0.2, 0.25) is 5.02 Å². The van der Waals surface area contributed by atoms with Gasteiger partial charge in [-0.25, -0.2) is 4.90 Å². The average molecular weight is 493 g/mol. The third kappa shape index (κ3) is 3.63. The summed E-state index contributed by atoms with van der Waals surface area (Å²) in [5.41, 5.74) is 0.902. The average Bonchev–Trinajstić information content (AvgIpc) is 3.23. The van der Waals surface area contributed by atoms with E-state index in [2.05, 4.69) is 31.6 Å². The topological polar surface area (TPSA) is 104 Å². The van der Waals surface area contributed by atoms with Crippen molar-refractivity contribution < 1.29 is 19.1 Å². The van der Waals surface area contributed by atoms with Gasteiger partial charge in [0.25, 0.3) is 11.8 Å². The lowest BCUT2D eigenvalue weighted by Gasteiger charge is -2.20. The number of methoxy groups -OCH3 is 1. The molecule has 9 nitrogen and oxygen atoms in total. The van der Waals surface area contributed by atoms with Crippen molar-refractivity contribution in [1.29, 1.82) is 0 Å². The van der Waals surface area contributed by atoms with Gasteiger partial charge in [0.2, 0.25) is 5.91 Å². The quantitative estimate of drug-likeness (QED) is 0.646. The molecule has 2 aromatic rings. The summed E-state index contributed by atoms with van der Waals surface area (Å²) in [5.74, 6) is -0.898. The van der Waals surface area contributed by atoms with Gasteiger partial charge in [-0.1, -0.05) is 32.8 Å². The Morgan fingerprint density at radius 3 is 2.60 bits per heavy atom. The number of imide groups is 1. The summed E-state index contributed by atoms with van der Waals surface area (Å²) in [4.78, 5) is 39.1. The molecule has 2 aliphatic rings. The first-order chi connectivity index (χ1) is 14.4. The van der Waals surface area contributed by atoms with Crippen molar-refractivity contribution in [1.82, 2.24) is 5.01 Å². The molecule has 0 unspecified atom stereocenters. The number of fused-ring (bicyclic) bond motifs is 1. The molecule has 0 aliphatic carbocycles. The lowest BCUT2D eigenvalue weighted by Crippen LogP contribution is -2.43. The summed E-state index contributed by atoms with van der Waals surface area (Å²) < 4.78 is 5.90. The lowest BCUT2D eigenvalue weighted by molar-refractivity contribution is -0.123. The fourth-order valence-corrected chi connectivity index (χ4v) is 3.81. The number of rotatable bonds is 5. The molecule has 1 fully saturated rings. The SMILES string of the molecule is COc1ccc(NC(=O)CN2N=N[C@@H]3C(=O)N(c4ccc(Br)cc4)C(=O)[C@@H]32)cc1Cl. The van der Waals surface area contributed by atoms with Crippen molar-refractivity contribution in [3.05, 3.63) is 52.0 Å². The molecule has 1 saturated heterocycles. The molecule has 0 spiro atoms. The molecule has 2 atom stereocenters. The number of anilines is 2. The van der Waals surface area contributed by atoms with Gasteiger partial charge in [0.15, 0.2) is 12.1 Å². The molecular formula is C19H15BrClN5O4. The van der Waals surface area contributed by atoms with Crippen LogP contribution in [0.1, 0.15) is 0 Å². The molecule has 2 aliphatic heterocycles. The van der Waals surface area contributed by atoms with Crippen molar-refractivity contribution >= 4 is 56.6 Å². The van der Waals surface area contributed by atoms with Crippen LogP contribution in [0.3, 0.4) is 0 Å². The largest absolute Gasteiger partial charge is 0.495 e. The fraction of sp³-hybridized carbons (Fsp3) is 0.211. The zero-order valence-electron chi connectivity index (χ0n) is 15.6. The fourth-order valence-electron chi connectivity index (χ4n) is 3.29. The van der Waals surface area contributed by atoms with Crippen molar-refractivity contribution in [2.24, 2.45) is 10.3 Å². The van der Waals surface area contributed by atoms with Gasteiger partial charge in [-0.3, -0.25) is 19.4 Å². The number of halogens is 2. The minimum atomic E-state index is -0.968. The van der Waals surface area contributed by atoms with E-state index in [-0.39, 0.29) is 6.54 Å². The third-order valence-electron chi connectivity index (χ3n) is 4.68. The minimum absolute atomic E-state index is 0.248. The number of hydrogen-bond acceptors (Lipinski definition) is 7. The van der Waals surface area contributed by atoms with Gasteiger partial charge in [0, 0.05) is 10.2 Å². The van der Waals surface area contributed by atoms with E-state index in [9.17, 15) is 14.4 Å². The van der Waals surface area contributed by atoms with Crippen LogP contribution >= 0.6 is 27.5 Å². The second-order valence-electron chi connectivity index (χ2n) is 6.58. The molecular weight excluding hydrogens is 478 g/mol. The molecule has 0 aromatic heterocycles. The van der Waals surface area contributed by atoms with Crippen LogP contribution in [0.5, 0.6) is 5.75 Å². The second-order valence-corrected chi connectivity index (χ2v) is 7.90. The number of carbonyl (C=O) groups is 3. The zero-order valence-corrected chi connectivity index (χ0v) is 17.9. The van der Waals surface area contributed by atoms with Crippen molar-refractivity contribution in [2.75, 3.05) is 23.9 Å². The van der Waals surface area contributed by atoms with E-state index < -0.39 is 29.8 Å². The van der Waals surface area contributed by atoms with Crippen molar-refractivity contribution in [3.8, 4) is 5.75 Å². The van der Waals surface area contributed by atoms with Crippen LogP contribution in [-0.2, 0) is 14.4 Å². The normalized spacial score (nSPS) is 20.0. The number of nitrogens with one attached hydrogen (secondary N) is 1. The lowest BCUT2D eigenvalue weighted by atomic mass is 10.1. The Bertz CT molecular complexity index is 1060. The van der Waals surface area contributed by atoms with E-state index in [1.165, 1.54) is 12.1 Å². The highest BCUT2D eigenvalue weighted by atomic mass is 79.9. The number of hydrogen-bond donors (Lipinski definition) is 1. The van der Waals surface area contributed by atoms with Crippen LogP contribution in [0.25, 0.3) is 0 Å². The summed E-state index contributed by atoms with van der Waals surface area (Å²) in [7, 11) is 1.49. The Hall–Kier alpha value is -2.98. The number of carbonyl (C=O) groups excluding carboxylic acids is 3. The molecule has 0 saturated carbocycles. The first kappa shape index (κ1) is 20.3. The van der Waals surface area contributed by atoms with E-state index in [0.29, 0.717) is 22.1 Å². The molecule has 2 aromatic carbocycles. The van der Waals surface area contributed by atoms with E-state index in [0.717, 1.165) is 9.37 Å². The van der Waals surface area contributed by atoms with E-state index in [4.69, 9.17) is 16.3 Å². The Labute approximate surface area is 184 Å². The van der Waals surface area contributed by atoms with E-state index in [1.54, 1.807) is 42.5 Å². The summed E-state index contributed by atoms with van der Waals surface area (Å²) in [6.07, 6.45) is 0. The number of benzene rings is 2. The van der Waals surface area contributed by atoms with Crippen LogP contribution in [-0.4, -0.2) is 48.5 Å². The molecule has 0 bridgehead atoms. The van der Waals surface area contributed by atoms with Gasteiger partial charge in [0.1, 0.15) is 12.3 Å². The third-order valence-corrected chi connectivity index (χ3v) is 5.51. The molecule has 1 N–H and O–H groups in total. The molecule has 11 heteroatoms. The van der Waals surface area contributed by atoms with Crippen molar-refractivity contribution in [2.45, 2.75) is 12.1 Å². The Morgan fingerprint density at radius 1 is 1.20 bits per heavy atom. The molecule has 2 heterocycles. The van der Waals surface area contributed by atoms with Crippen LogP contribution in [0.15, 0.2) is 57.3 Å².